The van der Waals surface area contributed by atoms with E-state index in [0.29, 0.717) is 11.1 Å². The molecule has 124 valence electrons. The van der Waals surface area contributed by atoms with E-state index in [-0.39, 0.29) is 0 Å². The summed E-state index contributed by atoms with van der Waals surface area (Å²) in [5.41, 5.74) is 2.72. The molecule has 24 heavy (non-hydrogen) atoms. The molecular formula is C15H16ClN7O. The summed E-state index contributed by atoms with van der Waals surface area (Å²) in [7, 11) is 0. The fourth-order valence-corrected chi connectivity index (χ4v) is 3.42. The van der Waals surface area contributed by atoms with E-state index >= 15 is 0 Å². The van der Waals surface area contributed by atoms with Crippen LogP contribution >= 0.6 is 11.6 Å². The van der Waals surface area contributed by atoms with E-state index < -0.39 is 0 Å². The molecule has 0 saturated carbocycles. The van der Waals surface area contributed by atoms with Crippen molar-refractivity contribution in [1.29, 1.82) is 0 Å². The van der Waals surface area contributed by atoms with Gasteiger partial charge in [0.15, 0.2) is 11.5 Å². The lowest BCUT2D eigenvalue weighted by atomic mass is 10.2. The third kappa shape index (κ3) is 2.34. The van der Waals surface area contributed by atoms with Gasteiger partial charge in [0, 0.05) is 25.4 Å². The van der Waals surface area contributed by atoms with Gasteiger partial charge in [-0.1, -0.05) is 11.6 Å². The lowest BCUT2D eigenvalue weighted by Crippen LogP contribution is -2.51. The molecule has 2 aliphatic rings. The highest BCUT2D eigenvalue weighted by Gasteiger charge is 2.29. The molecule has 1 N–H and O–H groups in total. The summed E-state index contributed by atoms with van der Waals surface area (Å²) in [6.45, 7) is 4.48. The lowest BCUT2D eigenvalue weighted by molar-refractivity contribution is -0.0735. The van der Waals surface area contributed by atoms with Crippen LogP contribution in [0.1, 0.15) is 5.69 Å². The predicted octanol–water partition coefficient (Wildman–Crippen LogP) is 1.54. The van der Waals surface area contributed by atoms with Gasteiger partial charge in [-0.2, -0.15) is 10.2 Å². The van der Waals surface area contributed by atoms with E-state index in [1.165, 1.54) is 12.0 Å². The highest BCUT2D eigenvalue weighted by atomic mass is 35.5. The summed E-state index contributed by atoms with van der Waals surface area (Å²) in [5.74, 6) is 0.795. The van der Waals surface area contributed by atoms with Crippen LogP contribution in [0.25, 0.3) is 5.65 Å². The Bertz CT molecular complexity index is 900. The quantitative estimate of drug-likeness (QED) is 0.776. The van der Waals surface area contributed by atoms with Crippen molar-refractivity contribution in [3.05, 3.63) is 35.4 Å². The van der Waals surface area contributed by atoms with Crippen LogP contribution in [0.4, 0.5) is 11.5 Å². The molecule has 5 heterocycles. The van der Waals surface area contributed by atoms with Crippen molar-refractivity contribution >= 4 is 28.8 Å². The van der Waals surface area contributed by atoms with Gasteiger partial charge in [0.1, 0.15) is 6.33 Å². The molecule has 0 bridgehead atoms. The van der Waals surface area contributed by atoms with E-state index in [1.54, 1.807) is 10.7 Å². The molecule has 0 aromatic carbocycles. The van der Waals surface area contributed by atoms with E-state index in [9.17, 15) is 0 Å². The number of fused-ring (bicyclic) bond motifs is 2. The maximum Gasteiger partial charge on any atom is 0.178 e. The van der Waals surface area contributed by atoms with Crippen molar-refractivity contribution in [2.75, 3.05) is 25.1 Å². The first-order valence-electron chi connectivity index (χ1n) is 7.91. The maximum atomic E-state index is 6.15. The molecule has 0 unspecified atom stereocenters. The number of halogens is 1. The highest BCUT2D eigenvalue weighted by molar-refractivity contribution is 6.30. The Morgan fingerprint density at radius 2 is 2.17 bits per heavy atom. The summed E-state index contributed by atoms with van der Waals surface area (Å²) in [4.78, 5) is 6.72. The minimum absolute atomic E-state index is 0.550. The Morgan fingerprint density at radius 3 is 3.00 bits per heavy atom. The Kier molecular flexibility index (Phi) is 3.22. The first-order valence-corrected chi connectivity index (χ1v) is 8.28. The minimum Gasteiger partial charge on any atom is -0.378 e. The zero-order valence-electron chi connectivity index (χ0n) is 12.9. The molecular weight excluding hydrogens is 330 g/mol. The summed E-state index contributed by atoms with van der Waals surface area (Å²) < 4.78 is 9.01. The zero-order valence-corrected chi connectivity index (χ0v) is 13.6. The zero-order chi connectivity index (χ0) is 16.1. The van der Waals surface area contributed by atoms with Crippen LogP contribution in [0, 0.1) is 0 Å². The topological polar surface area (TPSA) is 72.5 Å². The van der Waals surface area contributed by atoms with E-state index in [0.717, 1.165) is 50.0 Å². The highest BCUT2D eigenvalue weighted by Crippen LogP contribution is 2.26. The summed E-state index contributed by atoms with van der Waals surface area (Å²) in [5, 5.41) is 12.7. The van der Waals surface area contributed by atoms with Crippen LogP contribution in [0.5, 0.6) is 0 Å². The second kappa shape index (κ2) is 5.44. The third-order valence-electron chi connectivity index (χ3n) is 4.57. The average Bonchev–Trinajstić information content (AvgIpc) is 3.10. The van der Waals surface area contributed by atoms with Gasteiger partial charge in [-0.05, 0) is 6.07 Å². The van der Waals surface area contributed by atoms with Crippen LogP contribution < -0.4 is 5.32 Å². The molecule has 1 fully saturated rings. The second-order valence-electron chi connectivity index (χ2n) is 6.13. The van der Waals surface area contributed by atoms with E-state index in [4.69, 9.17) is 16.3 Å². The molecule has 1 saturated heterocycles. The third-order valence-corrected chi connectivity index (χ3v) is 4.78. The molecule has 3 aromatic heterocycles. The van der Waals surface area contributed by atoms with Crippen LogP contribution in [-0.4, -0.2) is 55.1 Å². The van der Waals surface area contributed by atoms with Gasteiger partial charge < -0.3 is 10.1 Å². The van der Waals surface area contributed by atoms with Crippen LogP contribution in [-0.2, 0) is 17.8 Å². The van der Waals surface area contributed by atoms with E-state index in [1.807, 2.05) is 6.07 Å². The Labute approximate surface area is 143 Å². The number of aromatic nitrogens is 5. The molecule has 0 aliphatic carbocycles. The van der Waals surface area contributed by atoms with Crippen molar-refractivity contribution in [2.24, 2.45) is 0 Å². The number of pyridine rings is 1. The number of rotatable bonds is 3. The average molecular weight is 346 g/mol. The molecule has 8 nitrogen and oxygen atoms in total. The fourth-order valence-electron chi connectivity index (χ4n) is 3.22. The number of anilines is 2. The number of hydrogen-bond acceptors (Lipinski definition) is 6. The molecule has 5 rings (SSSR count). The lowest BCUT2D eigenvalue weighted by Gasteiger charge is -2.39. The second-order valence-corrected chi connectivity index (χ2v) is 6.57. The molecule has 2 aliphatic heterocycles. The minimum atomic E-state index is 0.550. The van der Waals surface area contributed by atoms with Crippen molar-refractivity contribution < 1.29 is 4.74 Å². The standard InChI is InChI=1S/C15H16ClN7O/c16-10-3-13(15-17-9-18-23(15)5-10)19-14-4-11-6-21(12-7-24-8-12)1-2-22(11)20-14/h3-5,9,12H,1-2,6-8H2,(H,19,20). The van der Waals surface area contributed by atoms with Crippen LogP contribution in [0.3, 0.4) is 0 Å². The number of nitrogens with one attached hydrogen (secondary N) is 1. The van der Waals surface area contributed by atoms with Gasteiger partial charge in [0.05, 0.1) is 42.2 Å². The molecule has 0 radical (unpaired) electrons. The van der Waals surface area contributed by atoms with Gasteiger partial charge in [0.25, 0.3) is 0 Å². The maximum absolute atomic E-state index is 6.15. The van der Waals surface area contributed by atoms with Crippen molar-refractivity contribution in [2.45, 2.75) is 19.1 Å². The molecule has 0 spiro atoms. The number of hydrogen-bond donors (Lipinski definition) is 1. The fraction of sp³-hybridized carbons (Fsp3) is 0.400. The Hall–Kier alpha value is -2.16. The number of ether oxygens (including phenoxy) is 1. The summed E-state index contributed by atoms with van der Waals surface area (Å²) in [6, 6.07) is 4.47. The van der Waals surface area contributed by atoms with E-state index in [2.05, 4.69) is 36.1 Å². The molecule has 3 aromatic rings. The smallest absolute Gasteiger partial charge is 0.178 e. The van der Waals surface area contributed by atoms with Gasteiger partial charge in [-0.15, -0.1) is 0 Å². The monoisotopic (exact) mass is 345 g/mol. The molecule has 0 amide bonds. The first kappa shape index (κ1) is 14.2. The van der Waals surface area contributed by atoms with Crippen LogP contribution in [0.15, 0.2) is 24.7 Å². The van der Waals surface area contributed by atoms with Crippen molar-refractivity contribution in [1.82, 2.24) is 29.3 Å². The van der Waals surface area contributed by atoms with Gasteiger partial charge in [-0.3, -0.25) is 9.58 Å². The first-order chi connectivity index (χ1) is 11.8. The van der Waals surface area contributed by atoms with Gasteiger partial charge >= 0.3 is 0 Å². The van der Waals surface area contributed by atoms with Gasteiger partial charge in [0.2, 0.25) is 0 Å². The summed E-state index contributed by atoms with van der Waals surface area (Å²) >= 11 is 6.15. The Morgan fingerprint density at radius 1 is 1.25 bits per heavy atom. The predicted molar refractivity (Wildman–Crippen MR) is 88.5 cm³/mol. The largest absolute Gasteiger partial charge is 0.378 e. The normalized spacial score (nSPS) is 18.5. The van der Waals surface area contributed by atoms with Crippen molar-refractivity contribution in [3.8, 4) is 0 Å². The van der Waals surface area contributed by atoms with Crippen molar-refractivity contribution in [3.63, 3.8) is 0 Å². The number of nitrogens with zero attached hydrogens (tertiary/aromatic N) is 6. The molecule has 0 atom stereocenters. The van der Waals surface area contributed by atoms with Crippen LogP contribution in [0.2, 0.25) is 5.02 Å². The molecule has 9 heteroatoms. The summed E-state index contributed by atoms with van der Waals surface area (Å²) in [6.07, 6.45) is 3.24. The Balaban J connectivity index is 1.42. The SMILES string of the molecule is Clc1cc(Nc2cc3n(n2)CCN(C2COC2)C3)c2ncnn2c1. The van der Waals surface area contributed by atoms with Gasteiger partial charge in [-0.25, -0.2) is 9.50 Å².